The number of piperidine rings is 1. The van der Waals surface area contributed by atoms with Crippen LogP contribution >= 0.6 is 0 Å². The summed E-state index contributed by atoms with van der Waals surface area (Å²) in [6.07, 6.45) is 4.11. The Bertz CT molecular complexity index is 2420. The molecular weight excluding hydrogens is 775 g/mol. The Hall–Kier alpha value is -6.13. The van der Waals surface area contributed by atoms with Gasteiger partial charge in [0.05, 0.1) is 35.4 Å². The molecule has 9 rings (SSSR count). The van der Waals surface area contributed by atoms with Gasteiger partial charge in [0.25, 0.3) is 11.8 Å². The number of carbonyl (C=O) groups excluding carboxylic acids is 4. The molecule has 7 heterocycles. The maximum Gasteiger partial charge on any atom is 0.280 e. The fourth-order valence-corrected chi connectivity index (χ4v) is 9.22. The second kappa shape index (κ2) is 16.7. The van der Waals surface area contributed by atoms with E-state index in [4.69, 9.17) is 9.72 Å². The largest absolute Gasteiger partial charge is 0.477 e. The van der Waals surface area contributed by atoms with Crippen molar-refractivity contribution in [3.8, 4) is 17.1 Å². The molecule has 2 N–H and O–H groups in total. The van der Waals surface area contributed by atoms with E-state index in [-0.39, 0.29) is 24.1 Å². The fraction of sp³-hybridized carbons (Fsp3) is 0.444. The molecule has 61 heavy (non-hydrogen) atoms. The minimum atomic E-state index is -0.631. The zero-order chi connectivity index (χ0) is 42.4. The fourth-order valence-electron chi connectivity index (χ4n) is 9.22. The van der Waals surface area contributed by atoms with Crippen LogP contribution in [0.25, 0.3) is 11.3 Å². The van der Waals surface area contributed by atoms with Crippen molar-refractivity contribution in [3.05, 3.63) is 82.7 Å². The van der Waals surface area contributed by atoms with Crippen molar-refractivity contribution >= 4 is 46.7 Å². The highest BCUT2D eigenvalue weighted by atomic mass is 16.5. The third-order valence-corrected chi connectivity index (χ3v) is 12.6. The van der Waals surface area contributed by atoms with Crippen LogP contribution < -0.4 is 25.2 Å². The smallest absolute Gasteiger partial charge is 0.280 e. The van der Waals surface area contributed by atoms with Gasteiger partial charge < -0.3 is 24.8 Å². The number of aromatic nitrogens is 3. The van der Waals surface area contributed by atoms with E-state index in [0.717, 1.165) is 86.8 Å². The number of fused-ring (bicyclic) bond motifs is 8. The number of aryl methyl sites for hydroxylation is 2. The number of nitrogens with zero attached hydrogens (tertiary/aromatic N) is 9. The summed E-state index contributed by atoms with van der Waals surface area (Å²) in [4.78, 5) is 71.9. The van der Waals surface area contributed by atoms with Gasteiger partial charge >= 0.3 is 0 Å². The van der Waals surface area contributed by atoms with Gasteiger partial charge in [-0.3, -0.25) is 39.3 Å². The molecular formula is C45H53N11O5. The molecule has 4 aromatic rings. The van der Waals surface area contributed by atoms with Crippen molar-refractivity contribution in [2.24, 2.45) is 18.0 Å². The summed E-state index contributed by atoms with van der Waals surface area (Å²) in [7, 11) is 3.91. The molecule has 16 heteroatoms. The van der Waals surface area contributed by atoms with Gasteiger partial charge in [-0.05, 0) is 74.1 Å². The Morgan fingerprint density at radius 1 is 0.951 bits per heavy atom. The van der Waals surface area contributed by atoms with Gasteiger partial charge in [-0.25, -0.2) is 4.68 Å². The number of rotatable bonds is 7. The predicted molar refractivity (Wildman–Crippen MR) is 232 cm³/mol. The van der Waals surface area contributed by atoms with E-state index in [9.17, 15) is 19.2 Å². The monoisotopic (exact) mass is 827 g/mol. The number of piperazine rings is 1. The maximum absolute atomic E-state index is 13.8. The lowest BCUT2D eigenvalue weighted by Crippen LogP contribution is -2.52. The number of guanidine groups is 1. The lowest BCUT2D eigenvalue weighted by Gasteiger charge is -2.36. The molecule has 0 spiro atoms. The number of carbonyl (C=O) groups is 4. The lowest BCUT2D eigenvalue weighted by molar-refractivity contribution is -0.136. The van der Waals surface area contributed by atoms with Crippen molar-refractivity contribution in [2.45, 2.75) is 58.7 Å². The normalized spacial score (nSPS) is 21.9. The summed E-state index contributed by atoms with van der Waals surface area (Å²) in [5.41, 5.74) is 8.26. The zero-order valence-corrected chi connectivity index (χ0v) is 35.3. The van der Waals surface area contributed by atoms with E-state index < -0.39 is 11.9 Å². The quantitative estimate of drug-likeness (QED) is 0.258. The molecule has 0 saturated carbocycles. The van der Waals surface area contributed by atoms with E-state index >= 15 is 0 Å². The summed E-state index contributed by atoms with van der Waals surface area (Å²) >= 11 is 0. The molecule has 2 bridgehead atoms. The first kappa shape index (κ1) is 40.3. The van der Waals surface area contributed by atoms with Crippen LogP contribution in [0.4, 0.5) is 17.1 Å². The molecule has 5 aliphatic heterocycles. The third-order valence-electron chi connectivity index (χ3n) is 12.6. The lowest BCUT2D eigenvalue weighted by atomic mass is 10.0. The van der Waals surface area contributed by atoms with Crippen LogP contribution in [-0.2, 0) is 29.7 Å². The molecule has 4 amide bonds. The summed E-state index contributed by atoms with van der Waals surface area (Å²) in [5.74, 6) is 0.285. The summed E-state index contributed by atoms with van der Waals surface area (Å²) in [6, 6.07) is 15.2. The molecule has 16 nitrogen and oxygen atoms in total. The van der Waals surface area contributed by atoms with Crippen LogP contribution in [0.3, 0.4) is 0 Å². The van der Waals surface area contributed by atoms with Crippen molar-refractivity contribution in [1.29, 1.82) is 0 Å². The highest BCUT2D eigenvalue weighted by molar-refractivity contribution is 6.19. The number of likely N-dealkylation sites (N-methyl/N-ethyl adjacent to an activating group) is 1. The number of imide groups is 1. The molecule has 2 aromatic heterocycles. The van der Waals surface area contributed by atoms with E-state index in [2.05, 4.69) is 72.5 Å². The highest BCUT2D eigenvalue weighted by Crippen LogP contribution is 2.37. The standard InChI is InChI=1S/C45H53N11O5/c1-28-7-6-20-61-44-33(24-46-52(44)4)36-23-31(21-29(2)47-36)41(58)50-45-48-35-11-10-30(22-39(35)56(45)25-28)26-54-18-16-53(17-19-54)15-14-51(3)37-9-5-8-32-34(37)27-55(43(32)60)38-12-13-40(57)49-42(38)59/h5,8-11,21-24,28,38H,6-7,12-20,25-27H2,1-4H3,(H,48,50,58)(H,49,57,59)/t28-,38?/m1/s1. The molecule has 318 valence electrons. The van der Waals surface area contributed by atoms with Crippen molar-refractivity contribution in [3.63, 3.8) is 0 Å². The highest BCUT2D eigenvalue weighted by Gasteiger charge is 2.40. The second-order valence-electron chi connectivity index (χ2n) is 17.0. The Labute approximate surface area is 355 Å². The predicted octanol–water partition coefficient (Wildman–Crippen LogP) is 4.04. The second-order valence-corrected chi connectivity index (χ2v) is 17.0. The van der Waals surface area contributed by atoms with E-state index in [1.165, 1.54) is 5.56 Å². The van der Waals surface area contributed by atoms with Crippen LogP contribution in [0.2, 0.25) is 0 Å². The number of nitrogens with one attached hydrogen (secondary N) is 2. The first-order valence-electron chi connectivity index (χ1n) is 21.4. The van der Waals surface area contributed by atoms with Gasteiger partial charge in [0.1, 0.15) is 6.04 Å². The molecule has 2 fully saturated rings. The Kier molecular flexibility index (Phi) is 11.0. The van der Waals surface area contributed by atoms with Gasteiger partial charge in [-0.2, -0.15) is 10.1 Å². The van der Waals surface area contributed by atoms with Gasteiger partial charge in [0.2, 0.25) is 23.7 Å². The summed E-state index contributed by atoms with van der Waals surface area (Å²) < 4.78 is 7.96. The number of pyridine rings is 1. The van der Waals surface area contributed by atoms with Crippen LogP contribution in [0.5, 0.6) is 5.88 Å². The molecule has 5 aliphatic rings. The minimum absolute atomic E-state index is 0.155. The molecule has 2 saturated heterocycles. The number of benzene rings is 2. The van der Waals surface area contributed by atoms with E-state index in [0.29, 0.717) is 66.4 Å². The van der Waals surface area contributed by atoms with Gasteiger partial charge in [0, 0.05) is 107 Å². The van der Waals surface area contributed by atoms with E-state index in [1.807, 2.05) is 32.2 Å². The molecule has 0 radical (unpaired) electrons. The maximum atomic E-state index is 13.8. The summed E-state index contributed by atoms with van der Waals surface area (Å²) in [5, 5.41) is 10.3. The van der Waals surface area contributed by atoms with Crippen LogP contribution in [0.15, 0.2) is 59.7 Å². The zero-order valence-electron chi connectivity index (χ0n) is 35.3. The van der Waals surface area contributed by atoms with Gasteiger partial charge in [-0.1, -0.05) is 19.1 Å². The topological polar surface area (TPSA) is 161 Å². The Balaban J connectivity index is 0.834. The van der Waals surface area contributed by atoms with Gasteiger partial charge in [-0.15, -0.1) is 0 Å². The Morgan fingerprint density at radius 2 is 1.77 bits per heavy atom. The van der Waals surface area contributed by atoms with Crippen molar-refractivity contribution < 1.29 is 23.9 Å². The minimum Gasteiger partial charge on any atom is -0.477 e. The first-order chi connectivity index (χ1) is 29.5. The number of anilines is 3. The van der Waals surface area contributed by atoms with Crippen LogP contribution in [0, 0.1) is 12.8 Å². The SMILES string of the molecule is Cc1cc2cc(n1)-c1cnn(C)c1OCCC[C@@H](C)CN1/C(=N/C2=O)Nc2ccc(CN3CCN(CCN(C)c4cccc5c4CN(C4CCC(=O)NC4=O)C5=O)CC3)cc21. The Morgan fingerprint density at radius 3 is 2.59 bits per heavy atom. The number of aliphatic imine (C=N–C) groups is 1. The number of hydrogen-bond acceptors (Lipinski definition) is 12. The van der Waals surface area contributed by atoms with Gasteiger partial charge in [0.15, 0.2) is 0 Å². The molecule has 2 atom stereocenters. The molecule has 0 aliphatic carbocycles. The number of ether oxygens (including phenoxy) is 1. The molecule has 2 aromatic carbocycles. The number of hydrogen-bond donors (Lipinski definition) is 2. The average Bonchev–Trinajstić information content (AvgIpc) is 3.90. The molecule has 1 unspecified atom stereocenters. The number of amides is 4. The average molecular weight is 828 g/mol. The third kappa shape index (κ3) is 8.21. The van der Waals surface area contributed by atoms with Crippen molar-refractivity contribution in [2.75, 3.05) is 74.6 Å². The van der Waals surface area contributed by atoms with E-state index in [1.54, 1.807) is 27.9 Å². The first-order valence-corrected chi connectivity index (χ1v) is 21.4. The van der Waals surface area contributed by atoms with Crippen molar-refractivity contribution in [1.82, 2.24) is 34.8 Å². The van der Waals surface area contributed by atoms with Crippen LogP contribution in [-0.4, -0.2) is 125 Å². The summed E-state index contributed by atoms with van der Waals surface area (Å²) in [6.45, 7) is 12.0. The van der Waals surface area contributed by atoms with Crippen LogP contribution in [0.1, 0.15) is 70.1 Å².